The van der Waals surface area contributed by atoms with Crippen LogP contribution in [0.3, 0.4) is 0 Å². The number of methoxy groups -OCH3 is 1. The molecule has 9 nitrogen and oxygen atoms in total. The average molecular weight is 449 g/mol. The summed E-state index contributed by atoms with van der Waals surface area (Å²) in [5, 5.41) is 2.73. The van der Waals surface area contributed by atoms with Gasteiger partial charge in [-0.25, -0.2) is 0 Å². The molecule has 0 saturated heterocycles. The first-order valence-electron chi connectivity index (χ1n) is 9.60. The molecule has 31 heavy (non-hydrogen) atoms. The summed E-state index contributed by atoms with van der Waals surface area (Å²) >= 11 is 5.80. The normalized spacial score (nSPS) is 10.4. The predicted molar refractivity (Wildman–Crippen MR) is 115 cm³/mol. The zero-order valence-corrected chi connectivity index (χ0v) is 18.3. The molecule has 3 amide bonds. The number of aromatic nitrogens is 1. The smallest absolute Gasteiger partial charge is 0.270 e. The van der Waals surface area contributed by atoms with Crippen molar-refractivity contribution in [1.29, 1.82) is 0 Å². The lowest BCUT2D eigenvalue weighted by Crippen LogP contribution is -2.46. The van der Waals surface area contributed by atoms with Crippen LogP contribution in [0.4, 0.5) is 0 Å². The minimum absolute atomic E-state index is 0.0760. The van der Waals surface area contributed by atoms with E-state index in [9.17, 15) is 14.4 Å². The molecule has 1 aromatic carbocycles. The van der Waals surface area contributed by atoms with E-state index in [2.05, 4.69) is 35.0 Å². The zero-order chi connectivity index (χ0) is 22.8. The lowest BCUT2D eigenvalue weighted by atomic mass is 10.1. The van der Waals surface area contributed by atoms with Crippen LogP contribution in [0.1, 0.15) is 41.1 Å². The zero-order valence-electron chi connectivity index (χ0n) is 17.5. The molecule has 0 unspecified atom stereocenters. The lowest BCUT2D eigenvalue weighted by Gasteiger charge is -2.13. The van der Waals surface area contributed by atoms with Crippen molar-refractivity contribution < 1.29 is 23.9 Å². The minimum Gasteiger partial charge on any atom is -0.493 e. The fourth-order valence-electron chi connectivity index (χ4n) is 2.36. The van der Waals surface area contributed by atoms with Gasteiger partial charge in [-0.15, -0.1) is 0 Å². The summed E-state index contributed by atoms with van der Waals surface area (Å²) in [6.45, 7) is 4.37. The van der Waals surface area contributed by atoms with Crippen LogP contribution in [0.5, 0.6) is 11.5 Å². The van der Waals surface area contributed by atoms with Gasteiger partial charge in [0.25, 0.3) is 17.7 Å². The van der Waals surface area contributed by atoms with Crippen LogP contribution < -0.4 is 25.6 Å². The number of carbonyl (C=O) groups excluding carboxylic acids is 3. The number of carbonyl (C=O) groups is 3. The molecule has 0 bridgehead atoms. The molecular formula is C21H25ClN4O5. The molecule has 1 heterocycles. The van der Waals surface area contributed by atoms with Crippen LogP contribution in [0, 0.1) is 5.92 Å². The Morgan fingerprint density at radius 1 is 1.06 bits per heavy atom. The Morgan fingerprint density at radius 2 is 1.84 bits per heavy atom. The predicted octanol–water partition coefficient (Wildman–Crippen LogP) is 2.36. The van der Waals surface area contributed by atoms with Crippen LogP contribution in [0.25, 0.3) is 0 Å². The number of hydrazine groups is 1. The largest absolute Gasteiger partial charge is 0.493 e. The van der Waals surface area contributed by atoms with Crippen LogP contribution >= 0.6 is 11.6 Å². The molecule has 10 heteroatoms. The van der Waals surface area contributed by atoms with Crippen molar-refractivity contribution in [3.8, 4) is 11.5 Å². The third-order valence-corrected chi connectivity index (χ3v) is 4.29. The van der Waals surface area contributed by atoms with Gasteiger partial charge in [-0.1, -0.05) is 25.4 Å². The number of nitrogens with one attached hydrogen (secondary N) is 3. The van der Waals surface area contributed by atoms with E-state index in [4.69, 9.17) is 21.1 Å². The number of benzene rings is 1. The molecule has 0 aliphatic heterocycles. The monoisotopic (exact) mass is 448 g/mol. The second-order valence-corrected chi connectivity index (χ2v) is 7.38. The molecule has 0 saturated carbocycles. The third kappa shape index (κ3) is 7.78. The standard InChI is InChI=1S/C21H25ClN4O5/c1-13(2)7-9-31-17-5-4-14(10-18(17)30-3)20(28)26-25-19(27)12-24-21(29)16-11-15(22)6-8-23-16/h4-6,8,10-11,13H,7,9,12H2,1-3H3,(H,24,29)(H,25,27)(H,26,28). The van der Waals surface area contributed by atoms with Crippen molar-refractivity contribution in [2.24, 2.45) is 5.92 Å². The summed E-state index contributed by atoms with van der Waals surface area (Å²) in [6, 6.07) is 7.61. The van der Waals surface area contributed by atoms with Gasteiger partial charge in [0.1, 0.15) is 5.69 Å². The number of nitrogens with zero attached hydrogens (tertiary/aromatic N) is 1. The molecule has 0 fully saturated rings. The Balaban J connectivity index is 1.84. The number of ether oxygens (including phenoxy) is 2. The van der Waals surface area contributed by atoms with Crippen molar-refractivity contribution in [3.63, 3.8) is 0 Å². The molecule has 1 aromatic heterocycles. The number of amides is 3. The van der Waals surface area contributed by atoms with E-state index >= 15 is 0 Å². The minimum atomic E-state index is -0.621. The number of hydrogen-bond donors (Lipinski definition) is 3. The van der Waals surface area contributed by atoms with Crippen LogP contribution in [0.15, 0.2) is 36.5 Å². The quantitative estimate of drug-likeness (QED) is 0.507. The lowest BCUT2D eigenvalue weighted by molar-refractivity contribution is -0.120. The van der Waals surface area contributed by atoms with Crippen LogP contribution in [-0.2, 0) is 4.79 Å². The average Bonchev–Trinajstić information content (AvgIpc) is 2.75. The first-order chi connectivity index (χ1) is 14.8. The van der Waals surface area contributed by atoms with E-state index in [0.717, 1.165) is 6.42 Å². The maximum atomic E-state index is 12.3. The van der Waals surface area contributed by atoms with Gasteiger partial charge in [-0.05, 0) is 42.7 Å². The van der Waals surface area contributed by atoms with Gasteiger partial charge < -0.3 is 14.8 Å². The number of halogens is 1. The van der Waals surface area contributed by atoms with E-state index in [-0.39, 0.29) is 17.8 Å². The summed E-state index contributed by atoms with van der Waals surface area (Å²) in [5.41, 5.74) is 4.84. The molecule has 0 radical (unpaired) electrons. The van der Waals surface area contributed by atoms with E-state index in [1.165, 1.54) is 31.5 Å². The summed E-state index contributed by atoms with van der Waals surface area (Å²) < 4.78 is 11.0. The van der Waals surface area contributed by atoms with Crippen molar-refractivity contribution >= 4 is 29.3 Å². The van der Waals surface area contributed by atoms with E-state index in [0.29, 0.717) is 29.0 Å². The van der Waals surface area contributed by atoms with Crippen molar-refractivity contribution in [2.45, 2.75) is 20.3 Å². The van der Waals surface area contributed by atoms with E-state index in [1.807, 2.05) is 0 Å². The first-order valence-corrected chi connectivity index (χ1v) is 9.97. The Bertz CT molecular complexity index is 936. The Kier molecular flexibility index (Phi) is 9.08. The highest BCUT2D eigenvalue weighted by atomic mass is 35.5. The Morgan fingerprint density at radius 3 is 2.52 bits per heavy atom. The molecular weight excluding hydrogens is 424 g/mol. The maximum absolute atomic E-state index is 12.3. The summed E-state index contributed by atoms with van der Waals surface area (Å²) in [6.07, 6.45) is 2.27. The number of pyridine rings is 1. The van der Waals surface area contributed by atoms with Gasteiger partial charge >= 0.3 is 0 Å². The highest BCUT2D eigenvalue weighted by molar-refractivity contribution is 6.30. The fraction of sp³-hybridized carbons (Fsp3) is 0.333. The maximum Gasteiger partial charge on any atom is 0.270 e. The number of hydrogen-bond acceptors (Lipinski definition) is 6. The van der Waals surface area contributed by atoms with Crippen molar-refractivity contribution in [2.75, 3.05) is 20.3 Å². The second-order valence-electron chi connectivity index (χ2n) is 6.94. The van der Waals surface area contributed by atoms with Gasteiger partial charge in [-0.2, -0.15) is 0 Å². The number of rotatable bonds is 9. The van der Waals surface area contributed by atoms with E-state index in [1.54, 1.807) is 12.1 Å². The van der Waals surface area contributed by atoms with Crippen molar-refractivity contribution in [1.82, 2.24) is 21.2 Å². The molecule has 166 valence electrons. The van der Waals surface area contributed by atoms with Gasteiger partial charge in [-0.3, -0.25) is 30.2 Å². The van der Waals surface area contributed by atoms with Crippen LogP contribution in [0.2, 0.25) is 5.02 Å². The topological polar surface area (TPSA) is 119 Å². The van der Waals surface area contributed by atoms with Gasteiger partial charge in [0.2, 0.25) is 0 Å². The summed E-state index contributed by atoms with van der Waals surface area (Å²) in [4.78, 5) is 40.0. The molecule has 2 aromatic rings. The van der Waals surface area contributed by atoms with Gasteiger partial charge in [0, 0.05) is 16.8 Å². The van der Waals surface area contributed by atoms with Crippen LogP contribution in [-0.4, -0.2) is 43.0 Å². The molecule has 0 aliphatic rings. The SMILES string of the molecule is COc1cc(C(=O)NNC(=O)CNC(=O)c2cc(Cl)ccn2)ccc1OCCC(C)C. The van der Waals surface area contributed by atoms with Crippen molar-refractivity contribution in [3.05, 3.63) is 52.8 Å². The fourth-order valence-corrected chi connectivity index (χ4v) is 2.52. The Labute approximate surface area is 185 Å². The molecule has 0 aliphatic carbocycles. The highest BCUT2D eigenvalue weighted by Gasteiger charge is 2.13. The Hall–Kier alpha value is -3.33. The molecule has 0 spiro atoms. The molecule has 2 rings (SSSR count). The van der Waals surface area contributed by atoms with Gasteiger partial charge in [0.05, 0.1) is 20.3 Å². The highest BCUT2D eigenvalue weighted by Crippen LogP contribution is 2.28. The first kappa shape index (κ1) is 23.9. The summed E-state index contributed by atoms with van der Waals surface area (Å²) in [5.74, 6) is -0.300. The van der Waals surface area contributed by atoms with E-state index < -0.39 is 17.7 Å². The molecule has 0 atom stereocenters. The third-order valence-electron chi connectivity index (χ3n) is 4.06. The van der Waals surface area contributed by atoms with Gasteiger partial charge in [0.15, 0.2) is 11.5 Å². The second kappa shape index (κ2) is 11.8. The summed E-state index contributed by atoms with van der Waals surface area (Å²) in [7, 11) is 1.48. The molecule has 3 N–H and O–H groups in total.